The molecule has 1 heterocycles. The number of nitrogens with zero attached hydrogens (tertiary/aromatic N) is 2. The van der Waals surface area contributed by atoms with Crippen LogP contribution in [0.25, 0.3) is 0 Å². The normalized spacial score (nSPS) is 20.7. The van der Waals surface area contributed by atoms with Crippen molar-refractivity contribution in [3.05, 3.63) is 17.0 Å². The molecule has 0 aromatic carbocycles. The molecule has 2 rings (SSSR count). The van der Waals surface area contributed by atoms with Crippen molar-refractivity contribution in [2.75, 3.05) is 6.54 Å². The van der Waals surface area contributed by atoms with Crippen molar-refractivity contribution in [2.45, 2.75) is 44.9 Å². The van der Waals surface area contributed by atoms with Gasteiger partial charge >= 0.3 is 0 Å². The predicted molar refractivity (Wildman–Crippen MR) is 62.0 cm³/mol. The van der Waals surface area contributed by atoms with Crippen LogP contribution in [-0.4, -0.2) is 16.3 Å². The van der Waals surface area contributed by atoms with Gasteiger partial charge in [-0.25, -0.2) is 0 Å². The zero-order valence-corrected chi connectivity index (χ0v) is 9.95. The van der Waals surface area contributed by atoms with E-state index in [9.17, 15) is 0 Å². The standard InChI is InChI=1S/C12H21N3/c1-8(2)12-11-9(7-13)5-4-6-10(11)15(3)14-12/h8-9H,4-7,13H2,1-3H3. The van der Waals surface area contributed by atoms with Crippen LogP contribution >= 0.6 is 0 Å². The first kappa shape index (κ1) is 10.7. The molecule has 0 radical (unpaired) electrons. The lowest BCUT2D eigenvalue weighted by Crippen LogP contribution is -2.19. The van der Waals surface area contributed by atoms with Crippen LogP contribution in [0.15, 0.2) is 0 Å². The molecule has 1 atom stereocenters. The van der Waals surface area contributed by atoms with Gasteiger partial charge in [0.2, 0.25) is 0 Å². The van der Waals surface area contributed by atoms with Gasteiger partial charge in [-0.15, -0.1) is 0 Å². The van der Waals surface area contributed by atoms with E-state index in [1.807, 2.05) is 0 Å². The molecule has 0 spiro atoms. The second-order valence-electron chi connectivity index (χ2n) is 4.85. The fourth-order valence-corrected chi connectivity index (χ4v) is 2.66. The van der Waals surface area contributed by atoms with Gasteiger partial charge in [-0.3, -0.25) is 4.68 Å². The fourth-order valence-electron chi connectivity index (χ4n) is 2.66. The van der Waals surface area contributed by atoms with Gasteiger partial charge in [0.05, 0.1) is 5.69 Å². The molecule has 84 valence electrons. The van der Waals surface area contributed by atoms with Crippen LogP contribution in [0.3, 0.4) is 0 Å². The highest BCUT2D eigenvalue weighted by molar-refractivity contribution is 5.34. The Labute approximate surface area is 91.7 Å². The molecular formula is C12H21N3. The maximum absolute atomic E-state index is 5.86. The monoisotopic (exact) mass is 207 g/mol. The summed E-state index contributed by atoms with van der Waals surface area (Å²) >= 11 is 0. The van der Waals surface area contributed by atoms with Crippen LogP contribution in [0.1, 0.15) is 55.5 Å². The zero-order chi connectivity index (χ0) is 11.0. The third-order valence-electron chi connectivity index (χ3n) is 3.44. The Hall–Kier alpha value is -0.830. The highest BCUT2D eigenvalue weighted by Gasteiger charge is 2.27. The summed E-state index contributed by atoms with van der Waals surface area (Å²) in [5.41, 5.74) is 10.0. The number of aryl methyl sites for hydroxylation is 1. The van der Waals surface area contributed by atoms with Crippen molar-refractivity contribution < 1.29 is 0 Å². The number of fused-ring (bicyclic) bond motifs is 1. The summed E-state index contributed by atoms with van der Waals surface area (Å²) in [6.45, 7) is 5.19. The summed E-state index contributed by atoms with van der Waals surface area (Å²) in [6, 6.07) is 0. The lowest BCUT2D eigenvalue weighted by Gasteiger charge is -2.23. The summed E-state index contributed by atoms with van der Waals surface area (Å²) in [6.07, 6.45) is 3.66. The Bertz CT molecular complexity index is 352. The second kappa shape index (κ2) is 3.97. The first-order chi connectivity index (χ1) is 7.15. The summed E-state index contributed by atoms with van der Waals surface area (Å²) < 4.78 is 2.06. The molecule has 0 aliphatic heterocycles. The number of aromatic nitrogens is 2. The molecule has 1 unspecified atom stereocenters. The number of rotatable bonds is 2. The van der Waals surface area contributed by atoms with Crippen LogP contribution in [0, 0.1) is 0 Å². The second-order valence-corrected chi connectivity index (χ2v) is 4.85. The average Bonchev–Trinajstić information content (AvgIpc) is 2.56. The van der Waals surface area contributed by atoms with Gasteiger partial charge in [0.15, 0.2) is 0 Å². The average molecular weight is 207 g/mol. The Morgan fingerprint density at radius 1 is 1.53 bits per heavy atom. The molecule has 1 aromatic heterocycles. The molecule has 3 heteroatoms. The number of hydrogen-bond donors (Lipinski definition) is 1. The third kappa shape index (κ3) is 1.69. The van der Waals surface area contributed by atoms with E-state index in [-0.39, 0.29) is 0 Å². The minimum Gasteiger partial charge on any atom is -0.330 e. The van der Waals surface area contributed by atoms with Crippen molar-refractivity contribution in [2.24, 2.45) is 12.8 Å². The van der Waals surface area contributed by atoms with Gasteiger partial charge in [0, 0.05) is 18.3 Å². The van der Waals surface area contributed by atoms with Gasteiger partial charge in [0.25, 0.3) is 0 Å². The molecule has 0 amide bonds. The van der Waals surface area contributed by atoms with Gasteiger partial charge in [-0.05, 0) is 37.6 Å². The van der Waals surface area contributed by atoms with Crippen LogP contribution in [0.4, 0.5) is 0 Å². The topological polar surface area (TPSA) is 43.8 Å². The van der Waals surface area contributed by atoms with Crippen molar-refractivity contribution in [1.82, 2.24) is 9.78 Å². The number of nitrogens with two attached hydrogens (primary N) is 1. The van der Waals surface area contributed by atoms with Gasteiger partial charge < -0.3 is 5.73 Å². The molecule has 15 heavy (non-hydrogen) atoms. The maximum atomic E-state index is 5.86. The molecular weight excluding hydrogens is 186 g/mol. The molecule has 3 nitrogen and oxygen atoms in total. The van der Waals surface area contributed by atoms with Crippen molar-refractivity contribution in [1.29, 1.82) is 0 Å². The van der Waals surface area contributed by atoms with E-state index < -0.39 is 0 Å². The van der Waals surface area contributed by atoms with Crippen molar-refractivity contribution in [3.8, 4) is 0 Å². The van der Waals surface area contributed by atoms with E-state index in [2.05, 4.69) is 30.7 Å². The molecule has 2 N–H and O–H groups in total. The van der Waals surface area contributed by atoms with Crippen molar-refractivity contribution in [3.63, 3.8) is 0 Å². The SMILES string of the molecule is CC(C)c1nn(C)c2c1C(CN)CCC2. The Balaban J connectivity index is 2.50. The molecule has 0 fully saturated rings. The van der Waals surface area contributed by atoms with Crippen LogP contribution in [-0.2, 0) is 13.5 Å². The molecule has 0 saturated heterocycles. The van der Waals surface area contributed by atoms with Gasteiger partial charge in [-0.2, -0.15) is 5.10 Å². The molecule has 1 aliphatic carbocycles. The van der Waals surface area contributed by atoms with Crippen molar-refractivity contribution >= 4 is 0 Å². The Kier molecular flexibility index (Phi) is 2.83. The minimum atomic E-state index is 0.507. The maximum Gasteiger partial charge on any atom is 0.0688 e. The van der Waals surface area contributed by atoms with E-state index in [1.165, 1.54) is 36.2 Å². The first-order valence-electron chi connectivity index (χ1n) is 5.90. The lowest BCUT2D eigenvalue weighted by atomic mass is 9.83. The highest BCUT2D eigenvalue weighted by Crippen LogP contribution is 2.35. The van der Waals surface area contributed by atoms with Gasteiger partial charge in [0.1, 0.15) is 0 Å². The number of hydrogen-bond acceptors (Lipinski definition) is 2. The zero-order valence-electron chi connectivity index (χ0n) is 9.95. The first-order valence-corrected chi connectivity index (χ1v) is 5.90. The molecule has 1 aliphatic rings. The van der Waals surface area contributed by atoms with Gasteiger partial charge in [-0.1, -0.05) is 13.8 Å². The summed E-state index contributed by atoms with van der Waals surface area (Å²) in [5, 5.41) is 4.65. The minimum absolute atomic E-state index is 0.507. The molecule has 1 aromatic rings. The van der Waals surface area contributed by atoms with Crippen LogP contribution < -0.4 is 5.73 Å². The Morgan fingerprint density at radius 3 is 2.87 bits per heavy atom. The van der Waals surface area contributed by atoms with E-state index >= 15 is 0 Å². The quantitative estimate of drug-likeness (QED) is 0.805. The Morgan fingerprint density at radius 2 is 2.27 bits per heavy atom. The summed E-state index contributed by atoms with van der Waals surface area (Å²) in [4.78, 5) is 0. The van der Waals surface area contributed by atoms with Crippen LogP contribution in [0.5, 0.6) is 0 Å². The van der Waals surface area contributed by atoms with Crippen LogP contribution in [0.2, 0.25) is 0 Å². The van der Waals surface area contributed by atoms with E-state index in [4.69, 9.17) is 5.73 Å². The lowest BCUT2D eigenvalue weighted by molar-refractivity contribution is 0.539. The fraction of sp³-hybridized carbons (Fsp3) is 0.750. The summed E-state index contributed by atoms with van der Waals surface area (Å²) in [7, 11) is 2.06. The highest BCUT2D eigenvalue weighted by atomic mass is 15.3. The molecule has 0 saturated carbocycles. The predicted octanol–water partition coefficient (Wildman–Crippen LogP) is 1.92. The summed E-state index contributed by atoms with van der Waals surface area (Å²) in [5.74, 6) is 1.05. The van der Waals surface area contributed by atoms with E-state index in [0.717, 1.165) is 6.54 Å². The third-order valence-corrected chi connectivity index (χ3v) is 3.44. The largest absolute Gasteiger partial charge is 0.330 e. The molecule has 0 bridgehead atoms. The van der Waals surface area contributed by atoms with E-state index in [0.29, 0.717) is 11.8 Å². The smallest absolute Gasteiger partial charge is 0.0688 e. The van der Waals surface area contributed by atoms with E-state index in [1.54, 1.807) is 0 Å².